The second-order valence-electron chi connectivity index (χ2n) is 6.56. The van der Waals surface area contributed by atoms with Crippen LogP contribution in [0, 0.1) is 11.5 Å². The van der Waals surface area contributed by atoms with E-state index in [0.29, 0.717) is 11.4 Å². The van der Waals surface area contributed by atoms with Crippen LogP contribution in [0.4, 0.5) is 10.5 Å². The maximum Gasteiger partial charge on any atom is 0.412 e. The number of nitrogens with zero attached hydrogens (tertiary/aromatic N) is 2. The second-order valence-corrected chi connectivity index (χ2v) is 11.7. The summed E-state index contributed by atoms with van der Waals surface area (Å²) in [7, 11) is -1.56. The number of nitrogens with one attached hydrogen (secondary N) is 1. The molecule has 1 N–H and O–H groups in total. The SMILES string of the molecule is CC(C)(C)OC(=O)Nc1cc(Cl)nnc1C#C[Si](C)(C)C. The molecule has 5 nitrogen and oxygen atoms in total. The highest BCUT2D eigenvalue weighted by Crippen LogP contribution is 2.17. The van der Waals surface area contributed by atoms with Crippen molar-refractivity contribution in [3.63, 3.8) is 0 Å². The first kappa shape index (κ1) is 17.5. The lowest BCUT2D eigenvalue weighted by molar-refractivity contribution is 0.0636. The normalized spacial score (nSPS) is 11.4. The van der Waals surface area contributed by atoms with Gasteiger partial charge >= 0.3 is 6.09 Å². The standard InChI is InChI=1S/C14H20ClN3O2Si/c1-14(2,3)20-13(19)16-11-9-12(15)18-17-10(11)7-8-21(4,5)6/h9H,1-6H3,(H,16,18,19). The first-order chi connectivity index (χ1) is 9.46. The van der Waals surface area contributed by atoms with Crippen molar-refractivity contribution in [1.82, 2.24) is 10.2 Å². The van der Waals surface area contributed by atoms with Gasteiger partial charge in [-0.15, -0.1) is 15.7 Å². The van der Waals surface area contributed by atoms with Crippen molar-refractivity contribution >= 4 is 31.5 Å². The predicted molar refractivity (Wildman–Crippen MR) is 87.1 cm³/mol. The van der Waals surface area contributed by atoms with Crippen LogP contribution in [-0.4, -0.2) is 30.0 Å². The van der Waals surface area contributed by atoms with Crippen LogP contribution in [-0.2, 0) is 4.74 Å². The lowest BCUT2D eigenvalue weighted by Crippen LogP contribution is -2.27. The van der Waals surface area contributed by atoms with Gasteiger partial charge in [-0.05, 0) is 26.7 Å². The van der Waals surface area contributed by atoms with Crippen LogP contribution in [0.1, 0.15) is 26.5 Å². The summed E-state index contributed by atoms with van der Waals surface area (Å²) in [5.41, 5.74) is 3.37. The van der Waals surface area contributed by atoms with Crippen LogP contribution >= 0.6 is 11.6 Å². The van der Waals surface area contributed by atoms with Crippen LogP contribution in [0.5, 0.6) is 0 Å². The topological polar surface area (TPSA) is 64.1 Å². The summed E-state index contributed by atoms with van der Waals surface area (Å²) in [4.78, 5) is 11.8. The molecule has 0 aliphatic heterocycles. The van der Waals surface area contributed by atoms with E-state index in [4.69, 9.17) is 16.3 Å². The van der Waals surface area contributed by atoms with E-state index in [1.54, 1.807) is 20.8 Å². The molecule has 0 saturated heterocycles. The van der Waals surface area contributed by atoms with Crippen LogP contribution in [0.3, 0.4) is 0 Å². The number of ether oxygens (including phenoxy) is 1. The van der Waals surface area contributed by atoms with Crippen molar-refractivity contribution in [3.8, 4) is 11.5 Å². The second kappa shape index (κ2) is 6.46. The van der Waals surface area contributed by atoms with E-state index in [1.165, 1.54) is 6.07 Å². The van der Waals surface area contributed by atoms with Crippen LogP contribution < -0.4 is 5.32 Å². The number of halogens is 1. The Morgan fingerprint density at radius 1 is 1.33 bits per heavy atom. The molecule has 0 saturated carbocycles. The number of amides is 1. The van der Waals surface area contributed by atoms with Gasteiger partial charge in [0, 0.05) is 6.07 Å². The van der Waals surface area contributed by atoms with E-state index in [1.807, 2.05) is 0 Å². The van der Waals surface area contributed by atoms with Crippen molar-refractivity contribution in [1.29, 1.82) is 0 Å². The first-order valence-electron chi connectivity index (χ1n) is 6.53. The van der Waals surface area contributed by atoms with E-state index in [2.05, 4.69) is 46.6 Å². The monoisotopic (exact) mass is 325 g/mol. The van der Waals surface area contributed by atoms with Gasteiger partial charge in [0.05, 0.1) is 5.69 Å². The molecule has 0 spiro atoms. The van der Waals surface area contributed by atoms with Crippen LogP contribution in [0.15, 0.2) is 6.07 Å². The predicted octanol–water partition coefficient (Wildman–Crippen LogP) is 3.71. The van der Waals surface area contributed by atoms with Gasteiger partial charge in [-0.3, -0.25) is 5.32 Å². The van der Waals surface area contributed by atoms with Gasteiger partial charge in [0.2, 0.25) is 0 Å². The van der Waals surface area contributed by atoms with Crippen molar-refractivity contribution in [3.05, 3.63) is 16.9 Å². The Morgan fingerprint density at radius 2 is 1.95 bits per heavy atom. The third-order valence-corrected chi connectivity index (χ3v) is 3.02. The summed E-state index contributed by atoms with van der Waals surface area (Å²) in [6.45, 7) is 11.7. The van der Waals surface area contributed by atoms with Gasteiger partial charge in [0.25, 0.3) is 0 Å². The van der Waals surface area contributed by atoms with E-state index < -0.39 is 19.8 Å². The quantitative estimate of drug-likeness (QED) is 0.631. The molecule has 1 aromatic rings. The number of aromatic nitrogens is 2. The van der Waals surface area contributed by atoms with E-state index >= 15 is 0 Å². The zero-order valence-electron chi connectivity index (χ0n) is 13.2. The Labute approximate surface area is 131 Å². The molecule has 0 unspecified atom stereocenters. The number of carbonyl (C=O) groups is 1. The largest absolute Gasteiger partial charge is 0.444 e. The lowest BCUT2D eigenvalue weighted by Gasteiger charge is -2.19. The minimum absolute atomic E-state index is 0.180. The summed E-state index contributed by atoms with van der Waals surface area (Å²) < 4.78 is 5.20. The van der Waals surface area contributed by atoms with Crippen molar-refractivity contribution in [2.24, 2.45) is 0 Å². The minimum Gasteiger partial charge on any atom is -0.444 e. The summed E-state index contributed by atoms with van der Waals surface area (Å²) in [6.07, 6.45) is -0.581. The fraction of sp³-hybridized carbons (Fsp3) is 0.500. The maximum absolute atomic E-state index is 11.8. The van der Waals surface area contributed by atoms with Gasteiger partial charge in [-0.25, -0.2) is 4.79 Å². The van der Waals surface area contributed by atoms with Crippen LogP contribution in [0.25, 0.3) is 0 Å². The maximum atomic E-state index is 11.8. The lowest BCUT2D eigenvalue weighted by atomic mass is 10.2. The Hall–Kier alpha value is -1.58. The number of hydrogen-bond acceptors (Lipinski definition) is 4. The van der Waals surface area contributed by atoms with Gasteiger partial charge in [0.1, 0.15) is 13.7 Å². The molecule has 21 heavy (non-hydrogen) atoms. The van der Waals surface area contributed by atoms with Gasteiger partial charge in [-0.2, -0.15) is 0 Å². The molecule has 0 aromatic carbocycles. The first-order valence-corrected chi connectivity index (χ1v) is 10.4. The molecule has 0 aliphatic rings. The summed E-state index contributed by atoms with van der Waals surface area (Å²) in [5.74, 6) is 2.96. The summed E-state index contributed by atoms with van der Waals surface area (Å²) in [6, 6.07) is 1.51. The third kappa shape index (κ3) is 7.11. The molecule has 1 amide bonds. The summed E-state index contributed by atoms with van der Waals surface area (Å²) in [5, 5.41) is 10.5. The Bertz CT molecular complexity index is 595. The molecule has 0 fully saturated rings. The molecule has 1 heterocycles. The smallest absolute Gasteiger partial charge is 0.412 e. The molecule has 1 rings (SSSR count). The number of rotatable bonds is 1. The Kier molecular flexibility index (Phi) is 5.37. The molecule has 0 bridgehead atoms. The highest BCUT2D eigenvalue weighted by Gasteiger charge is 2.18. The molecular weight excluding hydrogens is 306 g/mol. The van der Waals surface area contributed by atoms with E-state index in [-0.39, 0.29) is 5.15 Å². The van der Waals surface area contributed by atoms with Crippen molar-refractivity contribution in [2.45, 2.75) is 46.0 Å². The number of hydrogen-bond donors (Lipinski definition) is 1. The molecule has 0 aliphatic carbocycles. The molecule has 1 aromatic heterocycles. The van der Waals surface area contributed by atoms with Gasteiger partial charge in [-0.1, -0.05) is 31.2 Å². The summed E-state index contributed by atoms with van der Waals surface area (Å²) >= 11 is 5.82. The fourth-order valence-electron chi connectivity index (χ4n) is 1.22. The van der Waals surface area contributed by atoms with Crippen molar-refractivity contribution < 1.29 is 9.53 Å². The number of anilines is 1. The zero-order valence-corrected chi connectivity index (χ0v) is 14.9. The molecule has 114 valence electrons. The van der Waals surface area contributed by atoms with Gasteiger partial charge < -0.3 is 4.74 Å². The Balaban J connectivity index is 3.02. The fourth-order valence-corrected chi connectivity index (χ4v) is 1.86. The van der Waals surface area contributed by atoms with E-state index in [9.17, 15) is 4.79 Å². The number of carbonyl (C=O) groups excluding carboxylic acids is 1. The zero-order chi connectivity index (χ0) is 16.3. The minimum atomic E-state index is -1.56. The van der Waals surface area contributed by atoms with E-state index in [0.717, 1.165) is 0 Å². The highest BCUT2D eigenvalue weighted by atomic mass is 35.5. The van der Waals surface area contributed by atoms with Crippen LogP contribution in [0.2, 0.25) is 24.8 Å². The average molecular weight is 326 g/mol. The molecule has 7 heteroatoms. The molecule has 0 atom stereocenters. The molecular formula is C14H20ClN3O2Si. The average Bonchev–Trinajstić information content (AvgIpc) is 2.23. The van der Waals surface area contributed by atoms with Gasteiger partial charge in [0.15, 0.2) is 10.8 Å². The van der Waals surface area contributed by atoms with Crippen molar-refractivity contribution in [2.75, 3.05) is 5.32 Å². The Morgan fingerprint density at radius 3 is 2.48 bits per heavy atom. The third-order valence-electron chi connectivity index (χ3n) is 1.96. The highest BCUT2D eigenvalue weighted by molar-refractivity contribution is 6.83. The molecule has 0 radical (unpaired) electrons.